The molecule has 220 valence electrons. The maximum absolute atomic E-state index is 14.0. The van der Waals surface area contributed by atoms with Crippen LogP contribution in [0.5, 0.6) is 5.75 Å². The highest BCUT2D eigenvalue weighted by Gasteiger charge is 2.67. The van der Waals surface area contributed by atoms with Crippen LogP contribution in [0.2, 0.25) is 0 Å². The lowest BCUT2D eigenvalue weighted by Crippen LogP contribution is -2.73. The third kappa shape index (κ3) is 4.58. The van der Waals surface area contributed by atoms with E-state index < -0.39 is 58.7 Å². The Labute approximate surface area is 234 Å². The number of hydrogen-bond donors (Lipinski definition) is 6. The van der Waals surface area contributed by atoms with Crippen molar-refractivity contribution in [1.82, 2.24) is 10.2 Å². The zero-order valence-electron chi connectivity index (χ0n) is 24.3. The van der Waals surface area contributed by atoms with Crippen molar-refractivity contribution in [2.45, 2.75) is 57.9 Å². The first-order valence-corrected chi connectivity index (χ1v) is 13.6. The normalized spacial score (nSPS) is 30.2. The van der Waals surface area contributed by atoms with Crippen LogP contribution in [-0.4, -0.2) is 95.3 Å². The predicted octanol–water partition coefficient (Wildman–Crippen LogP) is 0.331. The van der Waals surface area contributed by atoms with Crippen LogP contribution in [0.4, 0.5) is 5.69 Å². The summed E-state index contributed by atoms with van der Waals surface area (Å²) in [7, 11) is 6.96. The van der Waals surface area contributed by atoms with E-state index in [1.807, 2.05) is 25.1 Å². The Morgan fingerprint density at radius 3 is 2.33 bits per heavy atom. The van der Waals surface area contributed by atoms with E-state index in [2.05, 4.69) is 26.1 Å². The Hall–Kier alpha value is -2.99. The van der Waals surface area contributed by atoms with Crippen LogP contribution in [0.3, 0.4) is 0 Å². The van der Waals surface area contributed by atoms with Gasteiger partial charge in [-0.2, -0.15) is 0 Å². The highest BCUT2D eigenvalue weighted by molar-refractivity contribution is 6.25. The number of hydrogen-bond acceptors (Lipinski definition) is 10. The average molecular weight is 559 g/mol. The second kappa shape index (κ2) is 10.1. The van der Waals surface area contributed by atoms with E-state index >= 15 is 0 Å². The number of nitrogens with zero attached hydrogens (tertiary/aromatic N) is 2. The molecule has 0 radical (unpaired) electrons. The Balaban J connectivity index is 1.88. The standard InChI is InChI=1S/C29H42N4O7/c1-28(2,3)12-31-11-14-10-17(32(4)5)15-8-13-9-16-21(33(6)7)24(36)20(27(30)39)26(38)29(16,40)25(37)18(13)23(35)19(15)22(14)34/h10,13,16,20-21,24,31,34-36,40H,8-9,11-12H2,1-7H3,(H2,30,39)/t13-,16-,20?,21+,24?,29-/m0/s1. The molecule has 6 atom stereocenters. The van der Waals surface area contributed by atoms with Crippen LogP contribution in [0.25, 0.3) is 5.76 Å². The van der Waals surface area contributed by atoms with E-state index in [4.69, 9.17) is 5.73 Å². The van der Waals surface area contributed by atoms with Crippen LogP contribution in [-0.2, 0) is 27.3 Å². The van der Waals surface area contributed by atoms with Gasteiger partial charge in [-0.1, -0.05) is 20.8 Å². The molecule has 4 rings (SSSR count). The second-order valence-corrected chi connectivity index (χ2v) is 13.1. The number of aromatic hydroxyl groups is 1. The number of rotatable bonds is 6. The lowest BCUT2D eigenvalue weighted by atomic mass is 9.54. The quantitative estimate of drug-likeness (QED) is 0.267. The number of phenolic OH excluding ortho intramolecular Hbond substituents is 1. The molecule has 1 aromatic rings. The second-order valence-electron chi connectivity index (χ2n) is 13.1. The van der Waals surface area contributed by atoms with Gasteiger partial charge in [0.1, 0.15) is 17.4 Å². The van der Waals surface area contributed by atoms with Crippen molar-refractivity contribution in [2.24, 2.45) is 28.9 Å². The van der Waals surface area contributed by atoms with E-state index in [0.717, 1.165) is 5.69 Å². The van der Waals surface area contributed by atoms with Crippen LogP contribution >= 0.6 is 0 Å². The van der Waals surface area contributed by atoms with Crippen molar-refractivity contribution in [3.8, 4) is 5.75 Å². The molecule has 0 spiro atoms. The fourth-order valence-electron chi connectivity index (χ4n) is 6.81. The number of nitrogens with one attached hydrogen (secondary N) is 1. The number of fused-ring (bicyclic) bond motifs is 3. The zero-order valence-corrected chi connectivity index (χ0v) is 24.3. The van der Waals surface area contributed by atoms with Crippen molar-refractivity contribution in [2.75, 3.05) is 39.6 Å². The first-order chi connectivity index (χ1) is 18.4. The molecule has 0 aliphatic heterocycles. The lowest BCUT2D eigenvalue weighted by molar-refractivity contribution is -0.184. The van der Waals surface area contributed by atoms with Crippen LogP contribution < -0.4 is 16.0 Å². The van der Waals surface area contributed by atoms with Gasteiger partial charge in [-0.25, -0.2) is 0 Å². The minimum Gasteiger partial charge on any atom is -0.507 e. The summed E-state index contributed by atoms with van der Waals surface area (Å²) in [5.41, 5.74) is 4.64. The molecule has 11 heteroatoms. The molecule has 0 aromatic heterocycles. The Morgan fingerprint density at radius 2 is 1.80 bits per heavy atom. The Kier molecular flexibility index (Phi) is 7.59. The molecule has 1 amide bonds. The van der Waals surface area contributed by atoms with E-state index in [1.54, 1.807) is 19.0 Å². The summed E-state index contributed by atoms with van der Waals surface area (Å²) < 4.78 is 0. The summed E-state index contributed by atoms with van der Waals surface area (Å²) in [5.74, 6) is -7.43. The smallest absolute Gasteiger partial charge is 0.230 e. The van der Waals surface area contributed by atoms with Crippen molar-refractivity contribution in [3.63, 3.8) is 0 Å². The minimum atomic E-state index is -2.67. The number of primary amides is 1. The molecule has 7 N–H and O–H groups in total. The number of anilines is 1. The monoisotopic (exact) mass is 558 g/mol. The van der Waals surface area contributed by atoms with Crippen molar-refractivity contribution in [3.05, 3.63) is 28.3 Å². The first-order valence-electron chi connectivity index (χ1n) is 13.6. The van der Waals surface area contributed by atoms with E-state index in [1.165, 1.54) is 0 Å². The molecule has 2 fully saturated rings. The van der Waals surface area contributed by atoms with Gasteiger partial charge in [-0.3, -0.25) is 14.4 Å². The maximum atomic E-state index is 14.0. The number of aliphatic hydroxyl groups is 3. The number of phenols is 1. The van der Waals surface area contributed by atoms with Gasteiger partial charge in [-0.15, -0.1) is 0 Å². The topological polar surface area (TPSA) is 177 Å². The third-order valence-electron chi connectivity index (χ3n) is 8.60. The van der Waals surface area contributed by atoms with Gasteiger partial charge >= 0.3 is 0 Å². The maximum Gasteiger partial charge on any atom is 0.230 e. The summed E-state index contributed by atoms with van der Waals surface area (Å²) in [6.45, 7) is 7.22. The fourth-order valence-corrected chi connectivity index (χ4v) is 6.81. The average Bonchev–Trinajstić information content (AvgIpc) is 2.81. The molecule has 11 nitrogen and oxygen atoms in total. The number of benzene rings is 1. The highest BCUT2D eigenvalue weighted by atomic mass is 16.3. The number of likely N-dealkylation sites (N-methyl/N-ethyl adjacent to an activating group) is 1. The summed E-state index contributed by atoms with van der Waals surface area (Å²) in [6, 6.07) is 0.934. The van der Waals surface area contributed by atoms with Crippen molar-refractivity contribution < 1.29 is 34.8 Å². The molecule has 1 aromatic carbocycles. The zero-order chi connectivity index (χ0) is 30.1. The van der Waals surface area contributed by atoms with Gasteiger partial charge in [0.05, 0.1) is 11.7 Å². The molecule has 3 aliphatic carbocycles. The van der Waals surface area contributed by atoms with Crippen molar-refractivity contribution >= 4 is 28.9 Å². The largest absolute Gasteiger partial charge is 0.507 e. The van der Waals surface area contributed by atoms with Gasteiger partial charge in [-0.05, 0) is 49.9 Å². The number of aliphatic hydroxyl groups excluding tert-OH is 2. The predicted molar refractivity (Wildman–Crippen MR) is 150 cm³/mol. The molecule has 0 saturated heterocycles. The molecular weight excluding hydrogens is 516 g/mol. The Bertz CT molecular complexity index is 1280. The summed E-state index contributed by atoms with van der Waals surface area (Å²) in [6.07, 6.45) is -1.17. The SMILES string of the molecule is CN(C)c1cc(CNCC(C)(C)C)c(O)c2c1C[C@H]1C[C@H]3[C@@H](N(C)C)C(O)C(C(N)=O)C(=O)[C@@]3(O)C(=O)C1=C2O. The first kappa shape index (κ1) is 30.0. The number of amides is 1. The molecule has 0 bridgehead atoms. The lowest BCUT2D eigenvalue weighted by Gasteiger charge is -2.53. The fraction of sp³-hybridized carbons (Fsp3) is 0.621. The van der Waals surface area contributed by atoms with E-state index in [0.29, 0.717) is 24.2 Å². The van der Waals surface area contributed by atoms with E-state index in [9.17, 15) is 34.8 Å². The van der Waals surface area contributed by atoms with Crippen LogP contribution in [0.15, 0.2) is 11.6 Å². The number of carbonyl (C=O) groups excluding carboxylic acids is 3. The summed E-state index contributed by atoms with van der Waals surface area (Å²) >= 11 is 0. The minimum absolute atomic E-state index is 0.000652. The van der Waals surface area contributed by atoms with Crippen LogP contribution in [0, 0.1) is 23.2 Å². The molecule has 2 unspecified atom stereocenters. The molecule has 3 aliphatic rings. The van der Waals surface area contributed by atoms with Gasteiger partial charge < -0.3 is 41.3 Å². The molecular formula is C29H42N4O7. The van der Waals surface area contributed by atoms with Gasteiger partial charge in [0, 0.05) is 56.0 Å². The summed E-state index contributed by atoms with van der Waals surface area (Å²) in [4.78, 5) is 43.2. The molecule has 2 saturated carbocycles. The Morgan fingerprint density at radius 1 is 1.18 bits per heavy atom. The number of Topliss-reactive ketones (excluding diaryl/α,β-unsaturated/α-hetero) is 2. The van der Waals surface area contributed by atoms with Gasteiger partial charge in [0.15, 0.2) is 11.4 Å². The molecule has 0 heterocycles. The van der Waals surface area contributed by atoms with Crippen molar-refractivity contribution in [1.29, 1.82) is 0 Å². The van der Waals surface area contributed by atoms with Crippen LogP contribution in [0.1, 0.15) is 43.9 Å². The molecule has 40 heavy (non-hydrogen) atoms. The van der Waals surface area contributed by atoms with Gasteiger partial charge in [0.2, 0.25) is 11.7 Å². The van der Waals surface area contributed by atoms with E-state index in [-0.39, 0.29) is 35.1 Å². The highest BCUT2D eigenvalue weighted by Crippen LogP contribution is 2.53. The summed E-state index contributed by atoms with van der Waals surface area (Å²) in [5, 5.41) is 49.0. The number of carbonyl (C=O) groups is 3. The number of nitrogens with two attached hydrogens (primary N) is 1. The number of ketones is 2. The third-order valence-corrected chi connectivity index (χ3v) is 8.60. The van der Waals surface area contributed by atoms with Gasteiger partial charge in [0.25, 0.3) is 0 Å².